The highest BCUT2D eigenvalue weighted by Crippen LogP contribution is 2.42. The molecule has 4 nitrogen and oxygen atoms in total. The molecule has 0 radical (unpaired) electrons. The molecule has 0 saturated heterocycles. The van der Waals surface area contributed by atoms with Crippen molar-refractivity contribution >= 4 is 17.2 Å². The molecule has 2 aromatic rings. The molecule has 22 heavy (non-hydrogen) atoms. The number of carbonyl (C=O) groups excluding carboxylic acids is 1. The normalized spacial score (nSPS) is 14.0. The lowest BCUT2D eigenvalue weighted by atomic mass is 10.1. The second-order valence-corrected chi connectivity index (χ2v) is 6.45. The Bertz CT molecular complexity index is 623. The summed E-state index contributed by atoms with van der Waals surface area (Å²) in [7, 11) is 0. The summed E-state index contributed by atoms with van der Waals surface area (Å²) in [6.45, 7) is 0.969. The Balaban J connectivity index is 1.69. The molecule has 1 aromatic heterocycles. The van der Waals surface area contributed by atoms with Gasteiger partial charge in [0.2, 0.25) is 0 Å². The number of aliphatic hydroxyl groups is 1. The molecule has 0 unspecified atom stereocenters. The van der Waals surface area contributed by atoms with Crippen LogP contribution in [0.25, 0.3) is 0 Å². The van der Waals surface area contributed by atoms with Crippen molar-refractivity contribution in [3.05, 3.63) is 52.0 Å². The first-order chi connectivity index (χ1) is 10.8. The monoisotopic (exact) mass is 316 g/mol. The van der Waals surface area contributed by atoms with Crippen molar-refractivity contribution in [3.8, 4) is 0 Å². The van der Waals surface area contributed by atoms with Gasteiger partial charge in [-0.1, -0.05) is 30.3 Å². The van der Waals surface area contributed by atoms with Gasteiger partial charge in [-0.2, -0.15) is 0 Å². The number of aromatic nitrogens is 1. The van der Waals surface area contributed by atoms with Crippen molar-refractivity contribution in [2.75, 3.05) is 19.7 Å². The van der Waals surface area contributed by atoms with Gasteiger partial charge in [0.1, 0.15) is 4.88 Å². The van der Waals surface area contributed by atoms with Crippen LogP contribution in [0.1, 0.15) is 39.7 Å². The molecule has 1 heterocycles. The number of hydrogen-bond donors (Lipinski definition) is 1. The van der Waals surface area contributed by atoms with Crippen LogP contribution in [0.15, 0.2) is 35.8 Å². The predicted molar refractivity (Wildman–Crippen MR) is 87.2 cm³/mol. The van der Waals surface area contributed by atoms with Gasteiger partial charge < -0.3 is 10.0 Å². The van der Waals surface area contributed by atoms with Gasteiger partial charge in [-0.25, -0.2) is 4.98 Å². The van der Waals surface area contributed by atoms with E-state index < -0.39 is 0 Å². The largest absolute Gasteiger partial charge is 0.395 e. The molecule has 116 valence electrons. The molecule has 1 aliphatic rings. The number of benzene rings is 1. The van der Waals surface area contributed by atoms with Crippen molar-refractivity contribution in [1.82, 2.24) is 9.88 Å². The maximum atomic E-state index is 12.8. The maximum absolute atomic E-state index is 12.8. The number of hydrogen-bond acceptors (Lipinski definition) is 4. The Hall–Kier alpha value is -1.72. The van der Waals surface area contributed by atoms with E-state index in [-0.39, 0.29) is 12.5 Å². The van der Waals surface area contributed by atoms with Crippen molar-refractivity contribution in [2.45, 2.75) is 25.2 Å². The number of amides is 1. The minimum atomic E-state index is -0.0158. The quantitative estimate of drug-likeness (QED) is 0.854. The Morgan fingerprint density at radius 3 is 2.73 bits per heavy atom. The van der Waals surface area contributed by atoms with Gasteiger partial charge in [0.15, 0.2) is 0 Å². The number of rotatable bonds is 7. The molecule has 1 aromatic carbocycles. The lowest BCUT2D eigenvalue weighted by Gasteiger charge is -2.21. The van der Waals surface area contributed by atoms with E-state index in [0.29, 0.717) is 19.0 Å². The average molecular weight is 316 g/mol. The molecule has 1 N–H and O–H groups in total. The molecule has 0 bridgehead atoms. The Morgan fingerprint density at radius 2 is 2.05 bits per heavy atom. The maximum Gasteiger partial charge on any atom is 0.265 e. The van der Waals surface area contributed by atoms with E-state index in [0.717, 1.165) is 29.8 Å². The summed E-state index contributed by atoms with van der Waals surface area (Å²) in [5.74, 6) is 0.477. The highest BCUT2D eigenvalue weighted by Gasteiger charge is 2.32. The molecule has 0 atom stereocenters. The third kappa shape index (κ3) is 3.54. The third-order valence-electron chi connectivity index (χ3n) is 3.92. The smallest absolute Gasteiger partial charge is 0.265 e. The lowest BCUT2D eigenvalue weighted by Crippen LogP contribution is -2.35. The minimum Gasteiger partial charge on any atom is -0.395 e. The van der Waals surface area contributed by atoms with Crippen LogP contribution >= 0.6 is 11.3 Å². The fraction of sp³-hybridized carbons (Fsp3) is 0.412. The molecule has 5 heteroatoms. The zero-order chi connectivity index (χ0) is 15.4. The summed E-state index contributed by atoms with van der Waals surface area (Å²) in [5, 5.41) is 9.26. The molecular formula is C17H20N2O2S. The first-order valence-electron chi connectivity index (χ1n) is 7.67. The van der Waals surface area contributed by atoms with E-state index in [4.69, 9.17) is 0 Å². The van der Waals surface area contributed by atoms with E-state index in [1.165, 1.54) is 16.9 Å². The molecule has 0 spiro atoms. The van der Waals surface area contributed by atoms with Gasteiger partial charge in [0.05, 0.1) is 17.8 Å². The first kappa shape index (κ1) is 15.2. The number of aliphatic hydroxyl groups excluding tert-OH is 1. The van der Waals surface area contributed by atoms with Crippen molar-refractivity contribution in [3.63, 3.8) is 0 Å². The lowest BCUT2D eigenvalue weighted by molar-refractivity contribution is 0.0727. The van der Waals surface area contributed by atoms with Crippen LogP contribution in [0.3, 0.4) is 0 Å². The van der Waals surface area contributed by atoms with E-state index in [9.17, 15) is 9.90 Å². The molecule has 1 aliphatic carbocycles. The van der Waals surface area contributed by atoms with Crippen LogP contribution in [0, 0.1) is 0 Å². The second kappa shape index (κ2) is 7.03. The van der Waals surface area contributed by atoms with Gasteiger partial charge >= 0.3 is 0 Å². The van der Waals surface area contributed by atoms with Crippen molar-refractivity contribution < 1.29 is 9.90 Å². The van der Waals surface area contributed by atoms with Crippen molar-refractivity contribution in [2.24, 2.45) is 0 Å². The fourth-order valence-corrected chi connectivity index (χ4v) is 3.39. The summed E-state index contributed by atoms with van der Waals surface area (Å²) < 4.78 is 0. The van der Waals surface area contributed by atoms with Crippen LogP contribution in [0.2, 0.25) is 0 Å². The summed E-state index contributed by atoms with van der Waals surface area (Å²) in [6, 6.07) is 10.1. The van der Waals surface area contributed by atoms with Crippen LogP contribution in [-0.2, 0) is 6.42 Å². The van der Waals surface area contributed by atoms with E-state index in [1.54, 1.807) is 10.4 Å². The van der Waals surface area contributed by atoms with Crippen LogP contribution in [-0.4, -0.2) is 40.6 Å². The number of carbonyl (C=O) groups is 1. The van der Waals surface area contributed by atoms with Gasteiger partial charge in [-0.3, -0.25) is 4.79 Å². The zero-order valence-corrected chi connectivity index (χ0v) is 13.3. The van der Waals surface area contributed by atoms with Gasteiger partial charge in [-0.05, 0) is 24.8 Å². The van der Waals surface area contributed by atoms with Crippen LogP contribution in [0.5, 0.6) is 0 Å². The summed E-state index contributed by atoms with van der Waals surface area (Å²) in [6.07, 6.45) is 3.06. The number of thiazole rings is 1. The average Bonchev–Trinajstić information content (AvgIpc) is 3.28. The Kier molecular flexibility index (Phi) is 4.85. The fourth-order valence-electron chi connectivity index (χ4n) is 2.55. The van der Waals surface area contributed by atoms with Crippen LogP contribution in [0.4, 0.5) is 0 Å². The van der Waals surface area contributed by atoms with Crippen LogP contribution < -0.4 is 0 Å². The molecule has 1 saturated carbocycles. The topological polar surface area (TPSA) is 53.4 Å². The molecule has 0 aliphatic heterocycles. The Labute approximate surface area is 134 Å². The van der Waals surface area contributed by atoms with E-state index in [2.05, 4.69) is 17.1 Å². The summed E-state index contributed by atoms with van der Waals surface area (Å²) in [5.41, 5.74) is 3.91. The molecule has 1 amide bonds. The second-order valence-electron chi connectivity index (χ2n) is 5.59. The molecule has 3 rings (SSSR count). The zero-order valence-electron chi connectivity index (χ0n) is 12.4. The third-order valence-corrected chi connectivity index (χ3v) is 4.75. The summed E-state index contributed by atoms with van der Waals surface area (Å²) >= 11 is 1.42. The van der Waals surface area contributed by atoms with E-state index >= 15 is 0 Å². The molecular weight excluding hydrogens is 296 g/mol. The van der Waals surface area contributed by atoms with Gasteiger partial charge in [-0.15, -0.1) is 11.3 Å². The SMILES string of the molecule is O=C(c1scnc1C1CC1)N(CCO)CCc1ccccc1. The van der Waals surface area contributed by atoms with E-state index in [1.807, 2.05) is 18.2 Å². The predicted octanol–water partition coefficient (Wildman–Crippen LogP) is 2.70. The molecule has 1 fully saturated rings. The van der Waals surface area contributed by atoms with Crippen molar-refractivity contribution in [1.29, 1.82) is 0 Å². The number of nitrogens with zero attached hydrogens (tertiary/aromatic N) is 2. The minimum absolute atomic E-state index is 0.00869. The highest BCUT2D eigenvalue weighted by atomic mass is 32.1. The highest BCUT2D eigenvalue weighted by molar-refractivity contribution is 7.11. The Morgan fingerprint density at radius 1 is 1.27 bits per heavy atom. The first-order valence-corrected chi connectivity index (χ1v) is 8.55. The van der Waals surface area contributed by atoms with Gasteiger partial charge in [0, 0.05) is 19.0 Å². The van der Waals surface area contributed by atoms with Gasteiger partial charge in [0.25, 0.3) is 5.91 Å². The summed E-state index contributed by atoms with van der Waals surface area (Å²) in [4.78, 5) is 19.6. The standard InChI is InChI=1S/C17H20N2O2S/c20-11-10-19(9-8-13-4-2-1-3-5-13)17(21)16-15(14-6-7-14)18-12-22-16/h1-5,12,14,20H,6-11H2.